The van der Waals surface area contributed by atoms with Crippen LogP contribution in [-0.4, -0.2) is 33.7 Å². The molecule has 0 aromatic heterocycles. The smallest absolute Gasteiger partial charge is 0.240 e. The zero-order valence-corrected chi connectivity index (χ0v) is 14.1. The first kappa shape index (κ1) is 18.9. The van der Waals surface area contributed by atoms with E-state index >= 15 is 0 Å². The van der Waals surface area contributed by atoms with Gasteiger partial charge in [-0.25, -0.2) is 17.5 Å². The summed E-state index contributed by atoms with van der Waals surface area (Å²) in [6, 6.07) is 3.79. The third kappa shape index (κ3) is 4.41. The number of hydrogen-bond donors (Lipinski definition) is 3. The van der Waals surface area contributed by atoms with E-state index in [1.807, 2.05) is 13.8 Å². The second kappa shape index (κ2) is 7.89. The van der Waals surface area contributed by atoms with E-state index in [9.17, 15) is 17.9 Å². The molecule has 1 rings (SSSR count). The van der Waals surface area contributed by atoms with Gasteiger partial charge in [-0.15, -0.1) is 0 Å². The first-order valence-corrected chi connectivity index (χ1v) is 8.90. The van der Waals surface area contributed by atoms with Crippen molar-refractivity contribution in [2.75, 3.05) is 25.5 Å². The van der Waals surface area contributed by atoms with Crippen LogP contribution in [0.1, 0.15) is 33.1 Å². The molecule has 0 saturated carbocycles. The number of aliphatic hydroxyl groups excluding tert-OH is 1. The van der Waals surface area contributed by atoms with Crippen LogP contribution in [0.2, 0.25) is 0 Å². The number of hydrogen-bond acceptors (Lipinski definition) is 4. The van der Waals surface area contributed by atoms with Crippen LogP contribution in [0, 0.1) is 11.2 Å². The van der Waals surface area contributed by atoms with Gasteiger partial charge in [-0.2, -0.15) is 0 Å². The van der Waals surface area contributed by atoms with Gasteiger partial charge in [0, 0.05) is 13.2 Å². The second-order valence-corrected chi connectivity index (χ2v) is 7.27. The van der Waals surface area contributed by atoms with Crippen LogP contribution >= 0.6 is 0 Å². The summed E-state index contributed by atoms with van der Waals surface area (Å²) in [6.45, 7) is 4.69. The second-order valence-electron chi connectivity index (χ2n) is 5.38. The largest absolute Gasteiger partial charge is 0.396 e. The molecule has 22 heavy (non-hydrogen) atoms. The molecule has 0 atom stereocenters. The van der Waals surface area contributed by atoms with Crippen molar-refractivity contribution in [2.45, 2.75) is 38.0 Å². The summed E-state index contributed by atoms with van der Waals surface area (Å²) in [4.78, 5) is -0.106. The van der Waals surface area contributed by atoms with Crippen LogP contribution in [0.15, 0.2) is 23.1 Å². The highest BCUT2D eigenvalue weighted by Crippen LogP contribution is 2.31. The molecule has 0 fully saturated rings. The van der Waals surface area contributed by atoms with Gasteiger partial charge in [0.15, 0.2) is 0 Å². The van der Waals surface area contributed by atoms with Crippen LogP contribution in [-0.2, 0) is 10.0 Å². The minimum absolute atomic E-state index is 0.0885. The predicted molar refractivity (Wildman–Crippen MR) is 85.9 cm³/mol. The molecule has 1 aromatic carbocycles. The van der Waals surface area contributed by atoms with E-state index in [0.29, 0.717) is 13.0 Å². The Balaban J connectivity index is 2.91. The Kier molecular flexibility index (Phi) is 6.77. The van der Waals surface area contributed by atoms with E-state index in [4.69, 9.17) is 0 Å². The zero-order valence-electron chi connectivity index (χ0n) is 13.3. The van der Waals surface area contributed by atoms with Gasteiger partial charge in [0.05, 0.1) is 10.6 Å². The number of anilines is 1. The lowest BCUT2D eigenvalue weighted by Crippen LogP contribution is -2.30. The normalized spacial score (nSPS) is 12.4. The maximum atomic E-state index is 14.1. The van der Waals surface area contributed by atoms with Crippen molar-refractivity contribution in [3.8, 4) is 0 Å². The van der Waals surface area contributed by atoms with Gasteiger partial charge in [0.1, 0.15) is 5.82 Å². The summed E-state index contributed by atoms with van der Waals surface area (Å²) >= 11 is 0. The van der Waals surface area contributed by atoms with Crippen LogP contribution in [0.25, 0.3) is 0 Å². The predicted octanol–water partition coefficient (Wildman–Crippen LogP) is 2.33. The van der Waals surface area contributed by atoms with E-state index < -0.39 is 15.8 Å². The number of rotatable bonds is 9. The molecule has 0 amide bonds. The standard InChI is InChI=1S/C15H25FN2O3S/c1-4-15(5-2,8-9-19)11-18-14-7-6-12(10-13(14)16)22(20,21)17-3/h6-7,10,17-19H,4-5,8-9,11H2,1-3H3. The number of nitrogens with one attached hydrogen (secondary N) is 2. The highest BCUT2D eigenvalue weighted by Gasteiger charge is 2.25. The van der Waals surface area contributed by atoms with E-state index in [1.165, 1.54) is 19.2 Å². The van der Waals surface area contributed by atoms with Crippen LogP contribution < -0.4 is 10.0 Å². The minimum Gasteiger partial charge on any atom is -0.396 e. The molecule has 3 N–H and O–H groups in total. The van der Waals surface area contributed by atoms with Crippen molar-refractivity contribution in [3.05, 3.63) is 24.0 Å². The molecule has 0 saturated heterocycles. The maximum absolute atomic E-state index is 14.1. The summed E-state index contributed by atoms with van der Waals surface area (Å²) in [7, 11) is -2.37. The number of benzene rings is 1. The highest BCUT2D eigenvalue weighted by atomic mass is 32.2. The SMILES string of the molecule is CCC(CC)(CCO)CNc1ccc(S(=O)(=O)NC)cc1F. The monoisotopic (exact) mass is 332 g/mol. The summed E-state index contributed by atoms with van der Waals surface area (Å²) in [5.41, 5.74) is 0.163. The van der Waals surface area contributed by atoms with Gasteiger partial charge in [0.25, 0.3) is 0 Å². The third-order valence-electron chi connectivity index (χ3n) is 4.32. The number of aliphatic hydroxyl groups is 1. The minimum atomic E-state index is -3.65. The van der Waals surface area contributed by atoms with E-state index in [1.54, 1.807) is 0 Å². The maximum Gasteiger partial charge on any atom is 0.240 e. The average Bonchev–Trinajstić information content (AvgIpc) is 2.52. The zero-order chi connectivity index (χ0) is 16.8. The Bertz CT molecular complexity index is 586. The first-order valence-electron chi connectivity index (χ1n) is 7.42. The lowest BCUT2D eigenvalue weighted by Gasteiger charge is -2.31. The quantitative estimate of drug-likeness (QED) is 0.648. The summed E-state index contributed by atoms with van der Waals surface area (Å²) in [6.07, 6.45) is 2.37. The molecule has 7 heteroatoms. The lowest BCUT2D eigenvalue weighted by molar-refractivity contribution is 0.179. The van der Waals surface area contributed by atoms with Crippen molar-refractivity contribution in [2.24, 2.45) is 5.41 Å². The summed E-state index contributed by atoms with van der Waals surface area (Å²) < 4.78 is 39.5. The summed E-state index contributed by atoms with van der Waals surface area (Å²) in [5.74, 6) is -0.610. The molecule has 0 spiro atoms. The van der Waals surface area contributed by atoms with Crippen molar-refractivity contribution in [1.29, 1.82) is 0 Å². The van der Waals surface area contributed by atoms with E-state index in [-0.39, 0.29) is 22.6 Å². The fourth-order valence-corrected chi connectivity index (χ4v) is 3.13. The highest BCUT2D eigenvalue weighted by molar-refractivity contribution is 7.89. The summed E-state index contributed by atoms with van der Waals surface area (Å²) in [5, 5.41) is 12.2. The van der Waals surface area contributed by atoms with Crippen LogP contribution in [0.5, 0.6) is 0 Å². The molecule has 5 nitrogen and oxygen atoms in total. The van der Waals surface area contributed by atoms with Gasteiger partial charge >= 0.3 is 0 Å². The van der Waals surface area contributed by atoms with Gasteiger partial charge in [-0.1, -0.05) is 13.8 Å². The van der Waals surface area contributed by atoms with Gasteiger partial charge < -0.3 is 10.4 Å². The average molecular weight is 332 g/mol. The Morgan fingerprint density at radius 2 is 1.91 bits per heavy atom. The molecule has 0 aliphatic carbocycles. The Morgan fingerprint density at radius 3 is 2.36 bits per heavy atom. The Labute approximate surface area is 132 Å². The van der Waals surface area contributed by atoms with E-state index in [2.05, 4.69) is 10.0 Å². The molecule has 0 aliphatic heterocycles. The third-order valence-corrected chi connectivity index (χ3v) is 5.73. The molecule has 0 heterocycles. The molecule has 0 bridgehead atoms. The van der Waals surface area contributed by atoms with E-state index in [0.717, 1.165) is 18.9 Å². The molecular weight excluding hydrogens is 307 g/mol. The fraction of sp³-hybridized carbons (Fsp3) is 0.600. The van der Waals surface area contributed by atoms with Crippen LogP contribution in [0.3, 0.4) is 0 Å². The fourth-order valence-electron chi connectivity index (χ4n) is 2.39. The first-order chi connectivity index (χ1) is 10.3. The molecule has 0 unspecified atom stereocenters. The van der Waals surface area contributed by atoms with Crippen molar-refractivity contribution in [1.82, 2.24) is 4.72 Å². The molecule has 0 aliphatic rings. The van der Waals surface area contributed by atoms with Crippen molar-refractivity contribution in [3.63, 3.8) is 0 Å². The lowest BCUT2D eigenvalue weighted by atomic mass is 9.79. The molecular formula is C15H25FN2O3S. The molecule has 1 aromatic rings. The van der Waals surface area contributed by atoms with Crippen molar-refractivity contribution >= 4 is 15.7 Å². The van der Waals surface area contributed by atoms with Gasteiger partial charge in [-0.05, 0) is 49.9 Å². The molecule has 0 radical (unpaired) electrons. The van der Waals surface area contributed by atoms with Gasteiger partial charge in [-0.3, -0.25) is 0 Å². The van der Waals surface area contributed by atoms with Gasteiger partial charge in [0.2, 0.25) is 10.0 Å². The van der Waals surface area contributed by atoms with Crippen molar-refractivity contribution < 1.29 is 17.9 Å². The number of sulfonamides is 1. The Hall–Kier alpha value is -1.18. The van der Waals surface area contributed by atoms with Crippen LogP contribution in [0.4, 0.5) is 10.1 Å². The topological polar surface area (TPSA) is 78.4 Å². The number of halogens is 1. The Morgan fingerprint density at radius 1 is 1.27 bits per heavy atom. The molecule has 126 valence electrons.